The number of Topliss-reactive ketones (excluding diaryl/α,β-unsaturated/α-hetero) is 1. The number of allylic oxidation sites excluding steroid dienone is 3. The monoisotopic (exact) mass is 372 g/mol. The number of nitriles is 1. The van der Waals surface area contributed by atoms with Gasteiger partial charge in [-0.25, -0.2) is 0 Å². The van der Waals surface area contributed by atoms with Gasteiger partial charge < -0.3 is 15.2 Å². The molecule has 0 bridgehead atoms. The summed E-state index contributed by atoms with van der Waals surface area (Å²) in [6.07, 6.45) is 1.88. The lowest BCUT2D eigenvalue weighted by molar-refractivity contribution is -0.116. The summed E-state index contributed by atoms with van der Waals surface area (Å²) in [7, 11) is 0. The standard InChI is InChI=1S/C23H20N2O3/c24-13-18-21(22-19(26)7-4-8-20(22)28-23(18)25)16-11-9-15(10-12-16)14-27-17-5-2-1-3-6-17/h1-3,5-6,9-12,21H,4,7-8,14,25H2. The fraction of sp³-hybridized carbons (Fsp3) is 0.217. The maximum Gasteiger partial charge on any atom is 0.205 e. The van der Waals surface area contributed by atoms with Gasteiger partial charge in [-0.3, -0.25) is 4.79 Å². The molecule has 2 aromatic carbocycles. The molecule has 1 heterocycles. The fourth-order valence-corrected chi connectivity index (χ4v) is 3.68. The van der Waals surface area contributed by atoms with Crippen LogP contribution >= 0.6 is 0 Å². The molecule has 0 saturated carbocycles. The van der Waals surface area contributed by atoms with Crippen LogP contribution in [-0.4, -0.2) is 5.78 Å². The zero-order valence-electron chi connectivity index (χ0n) is 15.4. The van der Waals surface area contributed by atoms with Gasteiger partial charge >= 0.3 is 0 Å². The van der Waals surface area contributed by atoms with E-state index in [1.807, 2.05) is 54.6 Å². The predicted octanol–water partition coefficient (Wildman–Crippen LogP) is 4.08. The Morgan fingerprint density at radius 1 is 1.11 bits per heavy atom. The Balaban J connectivity index is 1.61. The van der Waals surface area contributed by atoms with E-state index in [-0.39, 0.29) is 11.7 Å². The zero-order valence-corrected chi connectivity index (χ0v) is 15.4. The first-order valence-electron chi connectivity index (χ1n) is 9.28. The van der Waals surface area contributed by atoms with E-state index in [2.05, 4.69) is 6.07 Å². The van der Waals surface area contributed by atoms with Gasteiger partial charge in [0.2, 0.25) is 5.88 Å². The van der Waals surface area contributed by atoms with Crippen LogP contribution in [0.2, 0.25) is 0 Å². The van der Waals surface area contributed by atoms with Gasteiger partial charge in [-0.2, -0.15) is 5.26 Å². The summed E-state index contributed by atoms with van der Waals surface area (Å²) >= 11 is 0. The molecule has 2 aliphatic rings. The van der Waals surface area contributed by atoms with Crippen LogP contribution in [0, 0.1) is 11.3 Å². The number of rotatable bonds is 4. The first-order valence-corrected chi connectivity index (χ1v) is 9.28. The summed E-state index contributed by atoms with van der Waals surface area (Å²) in [4.78, 5) is 12.6. The number of carbonyl (C=O) groups is 1. The minimum atomic E-state index is -0.467. The number of nitrogens with zero attached hydrogens (tertiary/aromatic N) is 1. The molecule has 1 aliphatic heterocycles. The van der Waals surface area contributed by atoms with Crippen molar-refractivity contribution in [2.75, 3.05) is 0 Å². The lowest BCUT2D eigenvalue weighted by atomic mass is 9.77. The van der Waals surface area contributed by atoms with Gasteiger partial charge in [-0.05, 0) is 29.7 Å². The molecule has 5 heteroatoms. The third-order valence-corrected chi connectivity index (χ3v) is 5.07. The molecule has 0 fully saturated rings. The van der Waals surface area contributed by atoms with E-state index in [4.69, 9.17) is 15.2 Å². The van der Waals surface area contributed by atoms with Crippen LogP contribution < -0.4 is 10.5 Å². The molecule has 1 unspecified atom stereocenters. The van der Waals surface area contributed by atoms with Crippen LogP contribution in [0.4, 0.5) is 0 Å². The molecule has 1 atom stereocenters. The van der Waals surface area contributed by atoms with Crippen LogP contribution in [0.15, 0.2) is 77.4 Å². The van der Waals surface area contributed by atoms with E-state index in [0.717, 1.165) is 23.3 Å². The highest BCUT2D eigenvalue weighted by molar-refractivity contribution is 5.99. The second kappa shape index (κ2) is 7.61. The second-order valence-corrected chi connectivity index (χ2v) is 6.88. The van der Waals surface area contributed by atoms with Crippen LogP contribution in [-0.2, 0) is 16.1 Å². The van der Waals surface area contributed by atoms with Gasteiger partial charge in [0.15, 0.2) is 5.78 Å². The van der Waals surface area contributed by atoms with Crippen molar-refractivity contribution in [3.63, 3.8) is 0 Å². The number of ketones is 1. The highest BCUT2D eigenvalue weighted by atomic mass is 16.5. The molecule has 0 radical (unpaired) electrons. The molecule has 28 heavy (non-hydrogen) atoms. The molecule has 1 aliphatic carbocycles. The number of nitrogens with two attached hydrogens (primary N) is 1. The smallest absolute Gasteiger partial charge is 0.205 e. The average Bonchev–Trinajstić information content (AvgIpc) is 2.73. The lowest BCUT2D eigenvalue weighted by Gasteiger charge is -2.31. The number of para-hydroxylation sites is 1. The highest BCUT2D eigenvalue weighted by Gasteiger charge is 2.37. The van der Waals surface area contributed by atoms with Gasteiger partial charge in [0.05, 0.1) is 5.92 Å². The SMILES string of the molecule is N#CC1=C(N)OC2=C(C(=O)CCC2)C1c1ccc(COc2ccccc2)cc1. The number of benzene rings is 2. The fourth-order valence-electron chi connectivity index (χ4n) is 3.68. The van der Waals surface area contributed by atoms with Gasteiger partial charge in [0.25, 0.3) is 0 Å². The summed E-state index contributed by atoms with van der Waals surface area (Å²) in [6, 6.07) is 19.5. The van der Waals surface area contributed by atoms with Crippen molar-refractivity contribution < 1.29 is 14.3 Å². The molecule has 2 N–H and O–H groups in total. The van der Waals surface area contributed by atoms with E-state index in [1.54, 1.807) is 0 Å². The minimum Gasteiger partial charge on any atom is -0.489 e. The minimum absolute atomic E-state index is 0.0305. The maximum absolute atomic E-state index is 12.6. The Labute approximate surface area is 163 Å². The van der Waals surface area contributed by atoms with Crippen LogP contribution in [0.3, 0.4) is 0 Å². The molecule has 5 nitrogen and oxygen atoms in total. The summed E-state index contributed by atoms with van der Waals surface area (Å²) < 4.78 is 11.4. The first-order chi connectivity index (χ1) is 13.7. The average molecular weight is 372 g/mol. The largest absolute Gasteiger partial charge is 0.489 e. The second-order valence-electron chi connectivity index (χ2n) is 6.88. The van der Waals surface area contributed by atoms with Crippen molar-refractivity contribution in [3.8, 4) is 11.8 Å². The number of hydrogen-bond donors (Lipinski definition) is 1. The van der Waals surface area contributed by atoms with Crippen LogP contribution in [0.25, 0.3) is 0 Å². The lowest BCUT2D eigenvalue weighted by Crippen LogP contribution is -2.27. The van der Waals surface area contributed by atoms with E-state index in [0.29, 0.717) is 36.4 Å². The van der Waals surface area contributed by atoms with E-state index >= 15 is 0 Å². The Bertz CT molecular complexity index is 998. The normalized spacial score (nSPS) is 19.0. The molecule has 0 aromatic heterocycles. The van der Waals surface area contributed by atoms with E-state index in [1.165, 1.54) is 0 Å². The van der Waals surface area contributed by atoms with Crippen molar-refractivity contribution in [2.45, 2.75) is 31.8 Å². The molecular weight excluding hydrogens is 352 g/mol. The summed E-state index contributed by atoms with van der Waals surface area (Å²) in [6.45, 7) is 0.439. The highest BCUT2D eigenvalue weighted by Crippen LogP contribution is 2.43. The number of ether oxygens (including phenoxy) is 2. The Morgan fingerprint density at radius 2 is 1.86 bits per heavy atom. The number of hydrogen-bond acceptors (Lipinski definition) is 5. The van der Waals surface area contributed by atoms with Gasteiger partial charge in [-0.1, -0.05) is 42.5 Å². The van der Waals surface area contributed by atoms with Crippen molar-refractivity contribution >= 4 is 5.78 Å². The molecule has 0 saturated heterocycles. The van der Waals surface area contributed by atoms with Crippen molar-refractivity contribution in [1.29, 1.82) is 5.26 Å². The first kappa shape index (κ1) is 17.9. The zero-order chi connectivity index (χ0) is 19.5. The third kappa shape index (κ3) is 3.37. The quantitative estimate of drug-likeness (QED) is 0.874. The summed E-state index contributed by atoms with van der Waals surface area (Å²) in [5.41, 5.74) is 8.70. The van der Waals surface area contributed by atoms with Crippen molar-refractivity contribution in [1.82, 2.24) is 0 Å². The maximum atomic E-state index is 12.6. The molecule has 4 rings (SSSR count). The molecule has 2 aromatic rings. The van der Waals surface area contributed by atoms with Gasteiger partial charge in [0, 0.05) is 18.4 Å². The molecule has 0 spiro atoms. The van der Waals surface area contributed by atoms with Gasteiger partial charge in [-0.15, -0.1) is 0 Å². The topological polar surface area (TPSA) is 85.3 Å². The van der Waals surface area contributed by atoms with E-state index in [9.17, 15) is 10.1 Å². The van der Waals surface area contributed by atoms with E-state index < -0.39 is 5.92 Å². The van der Waals surface area contributed by atoms with Crippen LogP contribution in [0.5, 0.6) is 5.75 Å². The van der Waals surface area contributed by atoms with Crippen molar-refractivity contribution in [2.24, 2.45) is 5.73 Å². The number of carbonyl (C=O) groups excluding carboxylic acids is 1. The van der Waals surface area contributed by atoms with Crippen LogP contribution in [0.1, 0.15) is 36.3 Å². The molecular formula is C23H20N2O3. The Morgan fingerprint density at radius 3 is 2.57 bits per heavy atom. The Kier molecular flexibility index (Phi) is 4.86. The molecule has 140 valence electrons. The summed E-state index contributed by atoms with van der Waals surface area (Å²) in [5.74, 6) is 1.07. The Hall–Kier alpha value is -3.52. The predicted molar refractivity (Wildman–Crippen MR) is 104 cm³/mol. The molecule has 0 amide bonds. The summed E-state index contributed by atoms with van der Waals surface area (Å²) in [5, 5.41) is 9.61. The van der Waals surface area contributed by atoms with Crippen molar-refractivity contribution in [3.05, 3.63) is 88.5 Å². The third-order valence-electron chi connectivity index (χ3n) is 5.07. The van der Waals surface area contributed by atoms with Gasteiger partial charge in [0.1, 0.15) is 29.8 Å².